The molecule has 1 rings (SSSR count). The first kappa shape index (κ1) is 8.14. The number of allylic oxidation sites excluding steroid dienone is 3. The minimum absolute atomic E-state index is 0.386. The fraction of sp³-hybridized carbons (Fsp3) is 0.286. The van der Waals surface area contributed by atoms with Crippen molar-refractivity contribution in [3.63, 3.8) is 0 Å². The second kappa shape index (κ2) is 2.96. The summed E-state index contributed by atoms with van der Waals surface area (Å²) in [6.07, 6.45) is 2.45. The maximum absolute atomic E-state index is 10.5. The minimum atomic E-state index is -0.968. The Bertz CT molecular complexity index is 245. The lowest BCUT2D eigenvalue weighted by Crippen LogP contribution is -2.29. The molecule has 1 heterocycles. The van der Waals surface area contributed by atoms with Crippen molar-refractivity contribution >= 4 is 17.7 Å². The fourth-order valence-electron chi connectivity index (χ4n) is 0.870. The molecule has 1 aliphatic rings. The molecule has 3 nitrogen and oxygen atoms in total. The number of hydrogen-bond acceptors (Lipinski definition) is 1. The predicted molar refractivity (Wildman–Crippen MR) is 42.4 cm³/mol. The molecule has 0 atom stereocenters. The van der Waals surface area contributed by atoms with E-state index in [0.717, 1.165) is 0 Å². The van der Waals surface area contributed by atoms with Crippen molar-refractivity contribution in [3.05, 3.63) is 22.9 Å². The lowest BCUT2D eigenvalue weighted by molar-refractivity contribution is 0.162. The molecule has 4 heteroatoms. The van der Waals surface area contributed by atoms with Gasteiger partial charge in [-0.05, 0) is 13.0 Å². The Labute approximate surface area is 69.6 Å². The van der Waals surface area contributed by atoms with E-state index >= 15 is 0 Å². The first-order valence-electron chi connectivity index (χ1n) is 3.16. The molecule has 0 spiro atoms. The number of nitrogens with zero attached hydrogens (tertiary/aromatic N) is 1. The Morgan fingerprint density at radius 3 is 2.91 bits per heavy atom. The molecule has 0 aliphatic carbocycles. The number of rotatable bonds is 0. The molecule has 0 unspecified atom stereocenters. The Kier molecular flexibility index (Phi) is 2.19. The second-order valence-corrected chi connectivity index (χ2v) is 2.64. The van der Waals surface area contributed by atoms with Crippen LogP contribution in [0.5, 0.6) is 0 Å². The van der Waals surface area contributed by atoms with E-state index in [2.05, 4.69) is 0 Å². The van der Waals surface area contributed by atoms with Crippen LogP contribution in [0.15, 0.2) is 22.9 Å². The van der Waals surface area contributed by atoms with Crippen LogP contribution in [-0.4, -0.2) is 22.6 Å². The van der Waals surface area contributed by atoms with E-state index in [1.807, 2.05) is 0 Å². The highest BCUT2D eigenvalue weighted by Gasteiger charge is 2.16. The number of amides is 1. The van der Waals surface area contributed by atoms with Crippen LogP contribution >= 0.6 is 11.6 Å². The van der Waals surface area contributed by atoms with Gasteiger partial charge in [-0.3, -0.25) is 4.90 Å². The summed E-state index contributed by atoms with van der Waals surface area (Å²) < 4.78 is 0. The van der Waals surface area contributed by atoms with Crippen molar-refractivity contribution in [1.82, 2.24) is 4.90 Å². The molecule has 0 saturated carbocycles. The normalized spacial score (nSPS) is 17.5. The van der Waals surface area contributed by atoms with E-state index in [1.165, 1.54) is 4.90 Å². The van der Waals surface area contributed by atoms with Gasteiger partial charge in [-0.15, -0.1) is 0 Å². The second-order valence-electron chi connectivity index (χ2n) is 2.23. The first-order valence-corrected chi connectivity index (χ1v) is 3.54. The quantitative estimate of drug-likeness (QED) is 0.609. The SMILES string of the molecule is CC1=C(Cl)C=CCN1C(=O)O. The first-order chi connectivity index (χ1) is 5.13. The van der Waals surface area contributed by atoms with E-state index in [4.69, 9.17) is 16.7 Å². The summed E-state index contributed by atoms with van der Waals surface area (Å²) in [6, 6.07) is 0. The van der Waals surface area contributed by atoms with Crippen LogP contribution < -0.4 is 0 Å². The highest BCUT2D eigenvalue weighted by Crippen LogP contribution is 2.19. The van der Waals surface area contributed by atoms with Crippen LogP contribution in [0.3, 0.4) is 0 Å². The van der Waals surface area contributed by atoms with Crippen LogP contribution in [0.1, 0.15) is 6.92 Å². The van der Waals surface area contributed by atoms with Crippen molar-refractivity contribution in [2.24, 2.45) is 0 Å². The molecule has 0 radical (unpaired) electrons. The highest BCUT2D eigenvalue weighted by molar-refractivity contribution is 6.31. The standard InChI is InChI=1S/C7H8ClNO2/c1-5-6(8)3-2-4-9(5)7(10)11/h2-3H,4H2,1H3,(H,10,11). The average Bonchev–Trinajstić information content (AvgIpc) is 1.94. The van der Waals surface area contributed by atoms with Crippen LogP contribution in [0.2, 0.25) is 0 Å². The minimum Gasteiger partial charge on any atom is -0.465 e. The fourth-order valence-corrected chi connectivity index (χ4v) is 1.06. The van der Waals surface area contributed by atoms with Gasteiger partial charge in [0.2, 0.25) is 0 Å². The zero-order chi connectivity index (χ0) is 8.43. The summed E-state index contributed by atoms with van der Waals surface area (Å²) in [5.74, 6) is 0. The van der Waals surface area contributed by atoms with Crippen LogP contribution in [-0.2, 0) is 0 Å². The Morgan fingerprint density at radius 2 is 2.45 bits per heavy atom. The molecule has 60 valence electrons. The Balaban J connectivity index is 2.89. The topological polar surface area (TPSA) is 40.5 Å². The molecule has 0 aromatic rings. The van der Waals surface area contributed by atoms with Gasteiger partial charge in [0.05, 0.1) is 5.03 Å². The smallest absolute Gasteiger partial charge is 0.411 e. The van der Waals surface area contributed by atoms with Crippen molar-refractivity contribution in [1.29, 1.82) is 0 Å². The molecule has 0 saturated heterocycles. The van der Waals surface area contributed by atoms with Gasteiger partial charge in [0.15, 0.2) is 0 Å². The number of halogens is 1. The number of hydrogen-bond donors (Lipinski definition) is 1. The van der Waals surface area contributed by atoms with Gasteiger partial charge in [-0.1, -0.05) is 17.7 Å². The van der Waals surface area contributed by atoms with Gasteiger partial charge in [-0.25, -0.2) is 4.79 Å². The predicted octanol–water partition coefficient (Wildman–Crippen LogP) is 2.01. The van der Waals surface area contributed by atoms with Crippen LogP contribution in [0.25, 0.3) is 0 Å². The van der Waals surface area contributed by atoms with E-state index in [0.29, 0.717) is 17.3 Å². The summed E-state index contributed by atoms with van der Waals surface area (Å²) in [5.41, 5.74) is 0.585. The van der Waals surface area contributed by atoms with Crippen molar-refractivity contribution in [2.75, 3.05) is 6.54 Å². The third kappa shape index (κ3) is 1.54. The molecule has 0 aromatic carbocycles. The summed E-state index contributed by atoms with van der Waals surface area (Å²) in [7, 11) is 0. The third-order valence-electron chi connectivity index (χ3n) is 1.53. The van der Waals surface area contributed by atoms with Gasteiger partial charge in [-0.2, -0.15) is 0 Å². The monoisotopic (exact) mass is 173 g/mol. The molecule has 1 amide bonds. The summed E-state index contributed by atoms with van der Waals surface area (Å²) in [6.45, 7) is 2.07. The molecule has 0 aromatic heterocycles. The highest BCUT2D eigenvalue weighted by atomic mass is 35.5. The molecule has 1 N–H and O–H groups in total. The van der Waals surface area contributed by atoms with E-state index in [-0.39, 0.29) is 0 Å². The molecule has 11 heavy (non-hydrogen) atoms. The van der Waals surface area contributed by atoms with E-state index in [1.54, 1.807) is 19.1 Å². The molecule has 0 fully saturated rings. The van der Waals surface area contributed by atoms with Crippen molar-refractivity contribution < 1.29 is 9.90 Å². The Hall–Kier alpha value is -0.960. The van der Waals surface area contributed by atoms with E-state index in [9.17, 15) is 4.79 Å². The summed E-state index contributed by atoms with van der Waals surface area (Å²) in [4.78, 5) is 11.7. The van der Waals surface area contributed by atoms with Crippen molar-refractivity contribution in [2.45, 2.75) is 6.92 Å². The van der Waals surface area contributed by atoms with Gasteiger partial charge in [0.1, 0.15) is 0 Å². The molecular weight excluding hydrogens is 166 g/mol. The lowest BCUT2D eigenvalue weighted by Gasteiger charge is -2.21. The molecular formula is C7H8ClNO2. The van der Waals surface area contributed by atoms with E-state index < -0.39 is 6.09 Å². The molecule has 1 aliphatic heterocycles. The van der Waals surface area contributed by atoms with Gasteiger partial charge >= 0.3 is 6.09 Å². The van der Waals surface area contributed by atoms with Gasteiger partial charge in [0, 0.05) is 12.2 Å². The lowest BCUT2D eigenvalue weighted by atomic mass is 10.3. The Morgan fingerprint density at radius 1 is 1.82 bits per heavy atom. The van der Waals surface area contributed by atoms with Crippen LogP contribution in [0, 0.1) is 0 Å². The van der Waals surface area contributed by atoms with Gasteiger partial charge in [0.25, 0.3) is 0 Å². The molecule has 0 bridgehead atoms. The van der Waals surface area contributed by atoms with Crippen molar-refractivity contribution in [3.8, 4) is 0 Å². The number of carbonyl (C=O) groups is 1. The maximum atomic E-state index is 10.5. The average molecular weight is 174 g/mol. The largest absolute Gasteiger partial charge is 0.465 e. The zero-order valence-corrected chi connectivity index (χ0v) is 6.80. The summed E-state index contributed by atoms with van der Waals surface area (Å²) >= 11 is 5.69. The zero-order valence-electron chi connectivity index (χ0n) is 6.04. The number of carboxylic acid groups (broad SMARTS) is 1. The van der Waals surface area contributed by atoms with Crippen LogP contribution in [0.4, 0.5) is 4.79 Å². The summed E-state index contributed by atoms with van der Waals surface area (Å²) in [5, 5.41) is 9.11. The maximum Gasteiger partial charge on any atom is 0.411 e. The van der Waals surface area contributed by atoms with Gasteiger partial charge < -0.3 is 5.11 Å². The third-order valence-corrected chi connectivity index (χ3v) is 1.93.